The minimum Gasteiger partial charge on any atom is -0.468 e. The van der Waals surface area contributed by atoms with Crippen molar-refractivity contribution in [1.29, 1.82) is 0 Å². The molecule has 2 aliphatic heterocycles. The summed E-state index contributed by atoms with van der Waals surface area (Å²) in [6.07, 6.45) is 1.66. The normalized spacial score (nSPS) is 17.5. The fraction of sp³-hybridized carbons (Fsp3) is 0.462. The van der Waals surface area contributed by atoms with Gasteiger partial charge >= 0.3 is 12.0 Å². The summed E-state index contributed by atoms with van der Waals surface area (Å²) in [6.45, 7) is 6.07. The van der Waals surface area contributed by atoms with Gasteiger partial charge in [0.1, 0.15) is 5.52 Å². The Hall–Kier alpha value is -3.17. The third-order valence-corrected chi connectivity index (χ3v) is 7.08. The van der Waals surface area contributed by atoms with Gasteiger partial charge in [0.25, 0.3) is 0 Å². The van der Waals surface area contributed by atoms with Crippen LogP contribution in [0, 0.1) is 5.82 Å². The van der Waals surface area contributed by atoms with E-state index in [0.29, 0.717) is 23.8 Å². The quantitative estimate of drug-likeness (QED) is 0.525. The molecule has 2 fully saturated rings. The number of hydrogen-bond acceptors (Lipinski definition) is 6. The summed E-state index contributed by atoms with van der Waals surface area (Å²) in [5.74, 6) is -0.409. The van der Waals surface area contributed by atoms with E-state index >= 15 is 4.39 Å². The van der Waals surface area contributed by atoms with Gasteiger partial charge in [0.15, 0.2) is 5.82 Å². The smallest absolute Gasteiger partial charge is 0.330 e. The molecule has 35 heavy (non-hydrogen) atoms. The number of nitrogens with one attached hydrogen (secondary N) is 1. The minimum atomic E-state index is -0.409. The summed E-state index contributed by atoms with van der Waals surface area (Å²) in [5.41, 5.74) is 2.31. The van der Waals surface area contributed by atoms with E-state index in [-0.39, 0.29) is 17.6 Å². The molecule has 5 rings (SSSR count). The zero-order valence-corrected chi connectivity index (χ0v) is 20.4. The van der Waals surface area contributed by atoms with E-state index in [2.05, 4.69) is 44.2 Å². The molecule has 0 saturated carbocycles. The topological polar surface area (TPSA) is 65.9 Å². The number of halogens is 1. The number of likely N-dealkylation sites (tertiary alicyclic amines) is 1. The first-order valence-corrected chi connectivity index (χ1v) is 12.3. The SMILES string of the molecule is COc1nc2c(F)c(N3CCN(C4CN(C)C4)CC3)ccc2n1C(=O)NCCCc1ccccc1. The number of anilines is 1. The Balaban J connectivity index is 1.26. The summed E-state index contributed by atoms with van der Waals surface area (Å²) in [7, 11) is 3.58. The van der Waals surface area contributed by atoms with E-state index in [1.165, 1.54) is 17.2 Å². The average Bonchev–Trinajstić information content (AvgIpc) is 3.25. The van der Waals surface area contributed by atoms with Crippen LogP contribution in [-0.4, -0.2) is 91.4 Å². The molecule has 1 amide bonds. The lowest BCUT2D eigenvalue weighted by molar-refractivity contribution is 0.0487. The molecule has 0 aliphatic carbocycles. The number of benzene rings is 2. The molecule has 3 heterocycles. The van der Waals surface area contributed by atoms with E-state index in [0.717, 1.165) is 52.1 Å². The molecule has 9 heteroatoms. The maximum Gasteiger partial charge on any atom is 0.330 e. The van der Waals surface area contributed by atoms with Crippen LogP contribution in [-0.2, 0) is 6.42 Å². The number of piperazine rings is 1. The predicted octanol–water partition coefficient (Wildman–Crippen LogP) is 2.81. The maximum atomic E-state index is 15.6. The van der Waals surface area contributed by atoms with Gasteiger partial charge in [-0.15, -0.1) is 0 Å². The van der Waals surface area contributed by atoms with E-state index in [1.807, 2.05) is 18.2 Å². The van der Waals surface area contributed by atoms with Crippen molar-refractivity contribution < 1.29 is 13.9 Å². The van der Waals surface area contributed by atoms with Crippen molar-refractivity contribution in [2.24, 2.45) is 0 Å². The summed E-state index contributed by atoms with van der Waals surface area (Å²) >= 11 is 0. The van der Waals surface area contributed by atoms with E-state index in [9.17, 15) is 4.79 Å². The Morgan fingerprint density at radius 2 is 1.86 bits per heavy atom. The fourth-order valence-electron chi connectivity index (χ4n) is 5.09. The van der Waals surface area contributed by atoms with Gasteiger partial charge in [-0.3, -0.25) is 4.90 Å². The van der Waals surface area contributed by atoms with Crippen LogP contribution in [0.4, 0.5) is 14.9 Å². The van der Waals surface area contributed by atoms with Crippen LogP contribution in [0.25, 0.3) is 11.0 Å². The minimum absolute atomic E-state index is 0.0792. The first kappa shape index (κ1) is 23.6. The van der Waals surface area contributed by atoms with Crippen LogP contribution in [0.2, 0.25) is 0 Å². The first-order valence-electron chi connectivity index (χ1n) is 12.3. The van der Waals surface area contributed by atoms with Crippen LogP contribution in [0.1, 0.15) is 12.0 Å². The van der Waals surface area contributed by atoms with Crippen LogP contribution in [0.3, 0.4) is 0 Å². The Morgan fingerprint density at radius 1 is 1.11 bits per heavy atom. The first-order chi connectivity index (χ1) is 17.0. The number of hydrogen-bond donors (Lipinski definition) is 1. The van der Waals surface area contributed by atoms with Crippen molar-refractivity contribution in [2.45, 2.75) is 18.9 Å². The molecule has 1 N–H and O–H groups in total. The lowest BCUT2D eigenvalue weighted by atomic mass is 10.1. The van der Waals surface area contributed by atoms with Crippen LogP contribution in [0.5, 0.6) is 6.01 Å². The van der Waals surface area contributed by atoms with Gasteiger partial charge in [0.05, 0.1) is 18.3 Å². The van der Waals surface area contributed by atoms with Crippen LogP contribution < -0.4 is 15.0 Å². The monoisotopic (exact) mass is 480 g/mol. The van der Waals surface area contributed by atoms with Gasteiger partial charge in [-0.25, -0.2) is 13.8 Å². The summed E-state index contributed by atoms with van der Waals surface area (Å²) in [5, 5.41) is 2.91. The number of amides is 1. The van der Waals surface area contributed by atoms with Gasteiger partial charge in [-0.2, -0.15) is 4.98 Å². The Bertz CT molecular complexity index is 1170. The average molecular weight is 481 g/mol. The number of carbonyl (C=O) groups excluding carboxylic acids is 1. The Kier molecular flexibility index (Phi) is 6.88. The molecule has 2 aromatic carbocycles. The number of aryl methyl sites for hydroxylation is 1. The summed E-state index contributed by atoms with van der Waals surface area (Å²) < 4.78 is 22.3. The van der Waals surface area contributed by atoms with Crippen molar-refractivity contribution in [2.75, 3.05) is 64.9 Å². The number of methoxy groups -OCH3 is 1. The zero-order valence-electron chi connectivity index (χ0n) is 20.4. The third kappa shape index (κ3) is 4.83. The Morgan fingerprint density at radius 3 is 2.54 bits per heavy atom. The molecule has 186 valence electrons. The number of fused-ring (bicyclic) bond motifs is 1. The van der Waals surface area contributed by atoms with Crippen molar-refractivity contribution in [1.82, 2.24) is 24.7 Å². The molecule has 0 atom stereocenters. The Labute approximate surface area is 205 Å². The molecule has 1 aromatic heterocycles. The fourth-order valence-corrected chi connectivity index (χ4v) is 5.09. The zero-order chi connectivity index (χ0) is 24.4. The third-order valence-electron chi connectivity index (χ3n) is 7.08. The largest absolute Gasteiger partial charge is 0.468 e. The second-order valence-corrected chi connectivity index (χ2v) is 9.42. The summed E-state index contributed by atoms with van der Waals surface area (Å²) in [4.78, 5) is 24.2. The van der Waals surface area contributed by atoms with E-state index < -0.39 is 5.82 Å². The molecule has 2 saturated heterocycles. The molecule has 0 spiro atoms. The number of imidazole rings is 1. The van der Waals surface area contributed by atoms with Crippen molar-refractivity contribution in [3.8, 4) is 6.01 Å². The predicted molar refractivity (Wildman–Crippen MR) is 135 cm³/mol. The molecule has 0 radical (unpaired) electrons. The second kappa shape index (κ2) is 10.2. The lowest BCUT2D eigenvalue weighted by Gasteiger charge is -2.47. The molecule has 0 unspecified atom stereocenters. The standard InChI is InChI=1S/C26H33FN6O2/c1-30-17-20(18-30)31-13-15-32(16-14-31)21-10-11-22-24(23(21)27)29-26(35-2)33(22)25(34)28-12-6-9-19-7-4-3-5-8-19/h3-5,7-8,10-11,20H,6,9,12-18H2,1-2H3,(H,28,34). The molecule has 2 aliphatic rings. The summed E-state index contributed by atoms with van der Waals surface area (Å²) in [6, 6.07) is 14.0. The van der Waals surface area contributed by atoms with Crippen molar-refractivity contribution in [3.05, 3.63) is 53.8 Å². The molecule has 3 aromatic rings. The highest BCUT2D eigenvalue weighted by atomic mass is 19.1. The highest BCUT2D eigenvalue weighted by Gasteiger charge is 2.32. The van der Waals surface area contributed by atoms with Crippen molar-refractivity contribution >= 4 is 22.8 Å². The number of ether oxygens (including phenoxy) is 1. The highest BCUT2D eigenvalue weighted by Crippen LogP contribution is 2.31. The van der Waals surface area contributed by atoms with Crippen molar-refractivity contribution in [3.63, 3.8) is 0 Å². The van der Waals surface area contributed by atoms with Gasteiger partial charge in [0, 0.05) is 51.9 Å². The molecular formula is C26H33FN6O2. The van der Waals surface area contributed by atoms with Crippen LogP contribution >= 0.6 is 0 Å². The van der Waals surface area contributed by atoms with E-state index in [1.54, 1.807) is 12.1 Å². The number of likely N-dealkylation sites (N-methyl/N-ethyl adjacent to an activating group) is 1. The number of carbonyl (C=O) groups is 1. The van der Waals surface area contributed by atoms with Crippen LogP contribution in [0.15, 0.2) is 42.5 Å². The molecular weight excluding hydrogens is 447 g/mol. The molecule has 0 bridgehead atoms. The van der Waals surface area contributed by atoms with Gasteiger partial charge in [0.2, 0.25) is 0 Å². The van der Waals surface area contributed by atoms with Gasteiger partial charge in [-0.05, 0) is 37.6 Å². The number of nitrogens with zero attached hydrogens (tertiary/aromatic N) is 5. The molecule has 8 nitrogen and oxygen atoms in total. The van der Waals surface area contributed by atoms with Gasteiger partial charge < -0.3 is 19.9 Å². The maximum absolute atomic E-state index is 15.6. The highest BCUT2D eigenvalue weighted by molar-refractivity contribution is 5.92. The lowest BCUT2D eigenvalue weighted by Crippen LogP contribution is -2.62. The van der Waals surface area contributed by atoms with E-state index in [4.69, 9.17) is 4.74 Å². The van der Waals surface area contributed by atoms with Gasteiger partial charge in [-0.1, -0.05) is 30.3 Å². The number of rotatable bonds is 7. The second-order valence-electron chi connectivity index (χ2n) is 9.42. The number of aromatic nitrogens is 2.